The van der Waals surface area contributed by atoms with Crippen molar-refractivity contribution in [2.45, 2.75) is 13.5 Å². The van der Waals surface area contributed by atoms with Gasteiger partial charge in [0.25, 0.3) is 5.69 Å². The Bertz CT molecular complexity index is 599. The number of hydrogen-bond acceptors (Lipinski definition) is 4. The number of anilines is 1. The largest absolute Gasteiger partial charge is 0.381 e. The van der Waals surface area contributed by atoms with E-state index in [2.05, 4.69) is 10.3 Å². The van der Waals surface area contributed by atoms with Crippen LogP contribution in [0.5, 0.6) is 0 Å². The van der Waals surface area contributed by atoms with E-state index in [9.17, 15) is 10.1 Å². The molecule has 1 aromatic carbocycles. The molecule has 1 aromatic heterocycles. The summed E-state index contributed by atoms with van der Waals surface area (Å²) in [4.78, 5) is 14.3. The highest BCUT2D eigenvalue weighted by molar-refractivity contribution is 6.32. The maximum absolute atomic E-state index is 10.6. The van der Waals surface area contributed by atoms with E-state index in [1.807, 2.05) is 19.1 Å². The van der Waals surface area contributed by atoms with Gasteiger partial charge >= 0.3 is 0 Å². The van der Waals surface area contributed by atoms with E-state index in [4.69, 9.17) is 11.6 Å². The van der Waals surface area contributed by atoms with Crippen molar-refractivity contribution in [2.75, 3.05) is 5.32 Å². The lowest BCUT2D eigenvalue weighted by Crippen LogP contribution is -2.00. The van der Waals surface area contributed by atoms with Gasteiger partial charge in [-0.15, -0.1) is 0 Å². The van der Waals surface area contributed by atoms with E-state index in [0.717, 1.165) is 16.9 Å². The fourth-order valence-electron chi connectivity index (χ4n) is 1.57. The third-order valence-electron chi connectivity index (χ3n) is 2.61. The van der Waals surface area contributed by atoms with Crippen molar-refractivity contribution < 1.29 is 4.92 Å². The second-order valence-corrected chi connectivity index (χ2v) is 4.49. The molecule has 0 radical (unpaired) electrons. The van der Waals surface area contributed by atoms with Crippen molar-refractivity contribution in [2.24, 2.45) is 0 Å². The van der Waals surface area contributed by atoms with Crippen LogP contribution >= 0.6 is 11.6 Å². The van der Waals surface area contributed by atoms with Gasteiger partial charge in [0.15, 0.2) is 0 Å². The van der Waals surface area contributed by atoms with Crippen LogP contribution in [0.25, 0.3) is 0 Å². The summed E-state index contributed by atoms with van der Waals surface area (Å²) in [6, 6.07) is 8.47. The van der Waals surface area contributed by atoms with Crippen molar-refractivity contribution >= 4 is 23.0 Å². The van der Waals surface area contributed by atoms with Crippen LogP contribution in [0.4, 0.5) is 11.4 Å². The first-order valence-electron chi connectivity index (χ1n) is 5.65. The molecule has 1 heterocycles. The Morgan fingerprint density at radius 3 is 2.74 bits per heavy atom. The van der Waals surface area contributed by atoms with E-state index < -0.39 is 4.92 Å². The van der Waals surface area contributed by atoms with Crippen LogP contribution in [0, 0.1) is 17.0 Å². The monoisotopic (exact) mass is 277 g/mol. The van der Waals surface area contributed by atoms with E-state index in [1.165, 1.54) is 6.07 Å². The fourth-order valence-corrected chi connectivity index (χ4v) is 1.82. The SMILES string of the molecule is Cc1ccc(CNc2ccc([N+](=O)[O-])c(Cl)c2)cn1. The number of nitrogens with zero attached hydrogens (tertiary/aromatic N) is 2. The third-order valence-corrected chi connectivity index (χ3v) is 2.92. The molecule has 2 rings (SSSR count). The molecule has 19 heavy (non-hydrogen) atoms. The van der Waals surface area contributed by atoms with E-state index in [1.54, 1.807) is 18.3 Å². The number of hydrogen-bond donors (Lipinski definition) is 1. The van der Waals surface area contributed by atoms with Gasteiger partial charge in [0.1, 0.15) is 5.02 Å². The smallest absolute Gasteiger partial charge is 0.288 e. The molecule has 0 amide bonds. The highest BCUT2D eigenvalue weighted by Crippen LogP contribution is 2.27. The van der Waals surface area contributed by atoms with E-state index in [0.29, 0.717) is 6.54 Å². The van der Waals surface area contributed by atoms with Gasteiger partial charge in [-0.05, 0) is 30.7 Å². The number of aryl methyl sites for hydroxylation is 1. The first-order valence-corrected chi connectivity index (χ1v) is 6.03. The number of pyridine rings is 1. The summed E-state index contributed by atoms with van der Waals surface area (Å²) in [7, 11) is 0. The van der Waals surface area contributed by atoms with Gasteiger partial charge in [-0.3, -0.25) is 15.1 Å². The van der Waals surface area contributed by atoms with Crippen molar-refractivity contribution in [1.82, 2.24) is 4.98 Å². The maximum atomic E-state index is 10.6. The fraction of sp³-hybridized carbons (Fsp3) is 0.154. The van der Waals surface area contributed by atoms with Gasteiger partial charge in [-0.2, -0.15) is 0 Å². The van der Waals surface area contributed by atoms with E-state index in [-0.39, 0.29) is 10.7 Å². The van der Waals surface area contributed by atoms with Gasteiger partial charge in [0.05, 0.1) is 4.92 Å². The molecule has 0 saturated carbocycles. The molecule has 0 fully saturated rings. The van der Waals surface area contributed by atoms with Gasteiger partial charge in [0, 0.05) is 30.2 Å². The molecular formula is C13H12ClN3O2. The Hall–Kier alpha value is -2.14. The molecule has 2 aromatic rings. The summed E-state index contributed by atoms with van der Waals surface area (Å²) in [5, 5.41) is 13.9. The predicted molar refractivity (Wildman–Crippen MR) is 74.4 cm³/mol. The van der Waals surface area contributed by atoms with Gasteiger partial charge in [-0.1, -0.05) is 17.7 Å². The topological polar surface area (TPSA) is 68.1 Å². The minimum Gasteiger partial charge on any atom is -0.381 e. The van der Waals surface area contributed by atoms with Gasteiger partial charge < -0.3 is 5.32 Å². The zero-order chi connectivity index (χ0) is 13.8. The first-order chi connectivity index (χ1) is 9.06. The Morgan fingerprint density at radius 2 is 2.16 bits per heavy atom. The zero-order valence-corrected chi connectivity index (χ0v) is 11.0. The van der Waals surface area contributed by atoms with Crippen LogP contribution in [-0.2, 0) is 6.54 Å². The number of aromatic nitrogens is 1. The Balaban J connectivity index is 2.06. The normalized spacial score (nSPS) is 10.2. The summed E-state index contributed by atoms with van der Waals surface area (Å²) in [6.45, 7) is 2.51. The van der Waals surface area contributed by atoms with Crippen molar-refractivity contribution in [3.63, 3.8) is 0 Å². The number of nitro benzene ring substituents is 1. The molecular weight excluding hydrogens is 266 g/mol. The van der Waals surface area contributed by atoms with Crippen LogP contribution in [-0.4, -0.2) is 9.91 Å². The molecule has 0 unspecified atom stereocenters. The number of rotatable bonds is 4. The first kappa shape index (κ1) is 13.3. The minimum atomic E-state index is -0.504. The van der Waals surface area contributed by atoms with E-state index >= 15 is 0 Å². The zero-order valence-electron chi connectivity index (χ0n) is 10.3. The number of halogens is 1. The minimum absolute atomic E-state index is 0.0933. The second-order valence-electron chi connectivity index (χ2n) is 4.08. The molecule has 0 aliphatic rings. The highest BCUT2D eigenvalue weighted by Gasteiger charge is 2.11. The van der Waals surface area contributed by atoms with Gasteiger partial charge in [-0.25, -0.2) is 0 Å². The summed E-state index contributed by atoms with van der Waals surface area (Å²) in [5.74, 6) is 0. The molecule has 0 aliphatic heterocycles. The average molecular weight is 278 g/mol. The highest BCUT2D eigenvalue weighted by atomic mass is 35.5. The molecule has 6 heteroatoms. The molecule has 1 N–H and O–H groups in total. The average Bonchev–Trinajstić information content (AvgIpc) is 2.37. The molecule has 0 atom stereocenters. The lowest BCUT2D eigenvalue weighted by molar-refractivity contribution is -0.384. The Kier molecular flexibility index (Phi) is 3.97. The summed E-state index contributed by atoms with van der Waals surface area (Å²) in [6.07, 6.45) is 1.79. The van der Waals surface area contributed by atoms with Crippen LogP contribution in [0.3, 0.4) is 0 Å². The van der Waals surface area contributed by atoms with Crippen LogP contribution < -0.4 is 5.32 Å². The number of nitro groups is 1. The predicted octanol–water partition coefficient (Wildman–Crippen LogP) is 3.56. The number of nitrogens with one attached hydrogen (secondary N) is 1. The molecule has 0 bridgehead atoms. The van der Waals surface area contributed by atoms with Crippen molar-refractivity contribution in [1.29, 1.82) is 0 Å². The van der Waals surface area contributed by atoms with Crippen LogP contribution in [0.1, 0.15) is 11.3 Å². The lowest BCUT2D eigenvalue weighted by atomic mass is 10.2. The van der Waals surface area contributed by atoms with Crippen LogP contribution in [0.2, 0.25) is 5.02 Å². The summed E-state index contributed by atoms with van der Waals surface area (Å²) >= 11 is 5.83. The Labute approximate surface area is 115 Å². The molecule has 5 nitrogen and oxygen atoms in total. The summed E-state index contributed by atoms with van der Waals surface area (Å²) < 4.78 is 0. The van der Waals surface area contributed by atoms with Crippen molar-refractivity contribution in [3.8, 4) is 0 Å². The molecule has 0 spiro atoms. The molecule has 0 aliphatic carbocycles. The van der Waals surface area contributed by atoms with Gasteiger partial charge in [0.2, 0.25) is 0 Å². The second kappa shape index (κ2) is 5.67. The summed E-state index contributed by atoms with van der Waals surface area (Å²) in [5.41, 5.74) is 2.63. The van der Waals surface area contributed by atoms with Crippen molar-refractivity contribution in [3.05, 3.63) is 62.9 Å². The number of benzene rings is 1. The standard InChI is InChI=1S/C13H12ClN3O2/c1-9-2-3-10(7-15-9)8-16-11-4-5-13(17(18)19)12(14)6-11/h2-7,16H,8H2,1H3. The maximum Gasteiger partial charge on any atom is 0.288 e. The quantitative estimate of drug-likeness (QED) is 0.685. The molecule has 98 valence electrons. The third kappa shape index (κ3) is 3.42. The van der Waals surface area contributed by atoms with Crippen LogP contribution in [0.15, 0.2) is 36.5 Å². The molecule has 0 saturated heterocycles. The Morgan fingerprint density at radius 1 is 1.37 bits per heavy atom. The lowest BCUT2D eigenvalue weighted by Gasteiger charge is -2.07.